The number of hydrogen-bond donors (Lipinski definition) is 2. The number of aromatic nitrogens is 3. The van der Waals surface area contributed by atoms with Crippen LogP contribution in [0.5, 0.6) is 11.6 Å². The van der Waals surface area contributed by atoms with E-state index >= 15 is 0 Å². The van der Waals surface area contributed by atoms with Crippen molar-refractivity contribution < 1.29 is 23.8 Å². The van der Waals surface area contributed by atoms with Crippen molar-refractivity contribution in [2.45, 2.75) is 46.1 Å². The average molecular weight is 537 g/mol. The lowest BCUT2D eigenvalue weighted by molar-refractivity contribution is -0.0563. The van der Waals surface area contributed by atoms with E-state index in [9.17, 15) is 9.59 Å². The summed E-state index contributed by atoms with van der Waals surface area (Å²) in [4.78, 5) is 41.4. The topological polar surface area (TPSA) is 122 Å². The maximum atomic E-state index is 13.3. The van der Waals surface area contributed by atoms with Crippen LogP contribution in [0.3, 0.4) is 0 Å². The summed E-state index contributed by atoms with van der Waals surface area (Å²) >= 11 is 0. The number of piperidine rings is 1. The largest absolute Gasteiger partial charge is 0.495 e. The van der Waals surface area contributed by atoms with Gasteiger partial charge in [0.05, 0.1) is 24.8 Å². The van der Waals surface area contributed by atoms with Crippen molar-refractivity contribution in [2.75, 3.05) is 45.2 Å². The third-order valence-corrected chi connectivity index (χ3v) is 7.17. The molecule has 3 aromatic rings. The Kier molecular flexibility index (Phi) is 7.00. The van der Waals surface area contributed by atoms with Crippen LogP contribution in [0.25, 0.3) is 11.0 Å². The number of aromatic amines is 1. The van der Waals surface area contributed by atoms with E-state index in [0.29, 0.717) is 67.3 Å². The summed E-state index contributed by atoms with van der Waals surface area (Å²) in [6.07, 6.45) is 3.24. The van der Waals surface area contributed by atoms with E-state index in [1.54, 1.807) is 36.4 Å². The molecule has 2 N–H and O–H groups in total. The van der Waals surface area contributed by atoms with Crippen molar-refractivity contribution >= 4 is 34.7 Å². The molecule has 2 aromatic heterocycles. The molecule has 4 heterocycles. The van der Waals surface area contributed by atoms with Crippen molar-refractivity contribution in [1.29, 1.82) is 0 Å². The van der Waals surface area contributed by atoms with Gasteiger partial charge in [-0.05, 0) is 64.8 Å². The minimum absolute atomic E-state index is 0.0410. The fourth-order valence-corrected chi connectivity index (χ4v) is 5.17. The van der Waals surface area contributed by atoms with Crippen LogP contribution < -0.4 is 14.8 Å². The highest BCUT2D eigenvalue weighted by molar-refractivity contribution is 5.95. The minimum atomic E-state index is -0.503. The number of nitrogens with one attached hydrogen (secondary N) is 2. The third kappa shape index (κ3) is 5.57. The summed E-state index contributed by atoms with van der Waals surface area (Å²) in [7, 11) is 1.56. The molecule has 208 valence electrons. The predicted molar refractivity (Wildman–Crippen MR) is 147 cm³/mol. The van der Waals surface area contributed by atoms with Crippen LogP contribution in [0.4, 0.5) is 16.4 Å². The van der Waals surface area contributed by atoms with Gasteiger partial charge in [0.1, 0.15) is 17.0 Å². The molecule has 2 fully saturated rings. The molecule has 2 amide bonds. The lowest BCUT2D eigenvalue weighted by Crippen LogP contribution is -2.62. The number of H-pyrrole nitrogens is 1. The van der Waals surface area contributed by atoms with Crippen molar-refractivity contribution in [3.8, 4) is 11.6 Å². The van der Waals surface area contributed by atoms with Crippen LogP contribution in [-0.4, -0.2) is 82.2 Å². The highest BCUT2D eigenvalue weighted by Gasteiger charge is 2.48. The number of anilines is 2. The molecule has 11 heteroatoms. The smallest absolute Gasteiger partial charge is 0.410 e. The molecule has 0 saturated carbocycles. The van der Waals surface area contributed by atoms with Crippen LogP contribution in [0, 0.1) is 5.41 Å². The number of likely N-dealkylation sites (tertiary alicyclic amines) is 2. The van der Waals surface area contributed by atoms with Gasteiger partial charge in [0.2, 0.25) is 11.8 Å². The number of hydrogen-bond acceptors (Lipinski definition) is 8. The molecule has 0 unspecified atom stereocenters. The SMILES string of the molecule is CCOc1nc(Nc2ccc(C(=O)N3CCC4(CC3)CN(C(=O)OC(C)(C)C)C4)cc2OC)nc2[nH]ccc12. The number of carbonyl (C=O) groups excluding carboxylic acids is 2. The molecule has 2 aliphatic rings. The molecule has 0 bridgehead atoms. The van der Waals surface area contributed by atoms with Gasteiger partial charge in [-0.15, -0.1) is 0 Å². The van der Waals surface area contributed by atoms with Gasteiger partial charge in [0.25, 0.3) is 5.91 Å². The number of ether oxygens (including phenoxy) is 3. The molecule has 0 atom stereocenters. The first-order valence-electron chi connectivity index (χ1n) is 13.3. The standard InChI is InChI=1S/C28H36N6O5/c1-6-38-23-19-9-12-29-22(19)31-25(32-23)30-20-8-7-18(15-21(20)37-5)24(35)33-13-10-28(11-14-33)16-34(17-28)26(36)39-27(2,3)4/h7-9,12,15H,6,10-11,13-14,16-17H2,1-5H3,(H2,29,30,31,32). The molecule has 11 nitrogen and oxygen atoms in total. The first-order chi connectivity index (χ1) is 18.6. The van der Waals surface area contributed by atoms with E-state index in [1.807, 2.05) is 38.7 Å². The van der Waals surface area contributed by atoms with Crippen LogP contribution in [0.15, 0.2) is 30.5 Å². The Morgan fingerprint density at radius 3 is 2.51 bits per heavy atom. The number of fused-ring (bicyclic) bond motifs is 1. The number of rotatable bonds is 6. The molecule has 0 aliphatic carbocycles. The molecule has 2 aliphatic heterocycles. The first-order valence-corrected chi connectivity index (χ1v) is 13.3. The summed E-state index contributed by atoms with van der Waals surface area (Å²) in [6.45, 7) is 10.7. The highest BCUT2D eigenvalue weighted by atomic mass is 16.6. The molecular formula is C28H36N6O5. The monoisotopic (exact) mass is 536 g/mol. The number of amides is 2. The predicted octanol–water partition coefficient (Wildman–Crippen LogP) is 4.58. The zero-order valence-corrected chi connectivity index (χ0v) is 23.2. The Bertz CT molecular complexity index is 1360. The van der Waals surface area contributed by atoms with Gasteiger partial charge in [0, 0.05) is 43.4 Å². The van der Waals surface area contributed by atoms with Crippen LogP contribution in [0.1, 0.15) is 50.9 Å². The Morgan fingerprint density at radius 1 is 1.10 bits per heavy atom. The maximum absolute atomic E-state index is 13.3. The highest BCUT2D eigenvalue weighted by Crippen LogP contribution is 2.41. The molecule has 1 aromatic carbocycles. The second-order valence-corrected chi connectivity index (χ2v) is 11.2. The van der Waals surface area contributed by atoms with Crippen LogP contribution in [0.2, 0.25) is 0 Å². The quantitative estimate of drug-likeness (QED) is 0.469. The zero-order valence-electron chi connectivity index (χ0n) is 23.2. The summed E-state index contributed by atoms with van der Waals surface area (Å²) in [5.41, 5.74) is 1.41. The lowest BCUT2D eigenvalue weighted by atomic mass is 9.72. The summed E-state index contributed by atoms with van der Waals surface area (Å²) < 4.78 is 16.8. The van der Waals surface area contributed by atoms with Crippen LogP contribution in [-0.2, 0) is 4.74 Å². The molecular weight excluding hydrogens is 500 g/mol. The average Bonchev–Trinajstić information content (AvgIpc) is 3.35. The van der Waals surface area contributed by atoms with Crippen LogP contribution >= 0.6 is 0 Å². The summed E-state index contributed by atoms with van der Waals surface area (Å²) in [6, 6.07) is 7.18. The van der Waals surface area contributed by atoms with Crippen molar-refractivity contribution in [1.82, 2.24) is 24.8 Å². The van der Waals surface area contributed by atoms with Gasteiger partial charge >= 0.3 is 6.09 Å². The molecule has 1 spiro atoms. The van der Waals surface area contributed by atoms with E-state index in [2.05, 4.69) is 20.3 Å². The van der Waals surface area contributed by atoms with Gasteiger partial charge in [-0.3, -0.25) is 4.79 Å². The first kappa shape index (κ1) is 26.6. The molecule has 0 radical (unpaired) electrons. The van der Waals surface area contributed by atoms with Gasteiger partial charge in [-0.25, -0.2) is 4.79 Å². The minimum Gasteiger partial charge on any atom is -0.495 e. The second-order valence-electron chi connectivity index (χ2n) is 11.2. The van der Waals surface area contributed by atoms with E-state index in [1.165, 1.54) is 0 Å². The number of benzene rings is 1. The Balaban J connectivity index is 1.22. The van der Waals surface area contributed by atoms with E-state index in [4.69, 9.17) is 14.2 Å². The van der Waals surface area contributed by atoms with Crippen molar-refractivity contribution in [3.05, 3.63) is 36.0 Å². The normalized spacial score (nSPS) is 16.6. The van der Waals surface area contributed by atoms with E-state index < -0.39 is 5.60 Å². The maximum Gasteiger partial charge on any atom is 0.410 e. The Hall–Kier alpha value is -4.02. The van der Waals surface area contributed by atoms with Crippen molar-refractivity contribution in [2.24, 2.45) is 5.41 Å². The van der Waals surface area contributed by atoms with E-state index in [0.717, 1.165) is 18.2 Å². The fourth-order valence-electron chi connectivity index (χ4n) is 5.17. The Labute approximate surface area is 227 Å². The molecule has 39 heavy (non-hydrogen) atoms. The third-order valence-electron chi connectivity index (χ3n) is 7.17. The summed E-state index contributed by atoms with van der Waals surface area (Å²) in [5.74, 6) is 1.31. The lowest BCUT2D eigenvalue weighted by Gasteiger charge is -2.53. The molecule has 2 saturated heterocycles. The fraction of sp³-hybridized carbons (Fsp3) is 0.500. The van der Waals surface area contributed by atoms with Gasteiger partial charge < -0.3 is 34.3 Å². The zero-order chi connectivity index (χ0) is 27.8. The Morgan fingerprint density at radius 2 is 1.85 bits per heavy atom. The number of nitrogens with zero attached hydrogens (tertiary/aromatic N) is 4. The molecule has 5 rings (SSSR count). The second kappa shape index (κ2) is 10.3. The number of methoxy groups -OCH3 is 1. The van der Waals surface area contributed by atoms with Crippen molar-refractivity contribution in [3.63, 3.8) is 0 Å². The van der Waals surface area contributed by atoms with E-state index in [-0.39, 0.29) is 17.4 Å². The van der Waals surface area contributed by atoms with Gasteiger partial charge in [-0.1, -0.05) is 0 Å². The van der Waals surface area contributed by atoms with Gasteiger partial charge in [0.15, 0.2) is 0 Å². The number of carbonyl (C=O) groups is 2. The van der Waals surface area contributed by atoms with Gasteiger partial charge in [-0.2, -0.15) is 9.97 Å². The summed E-state index contributed by atoms with van der Waals surface area (Å²) in [5, 5.41) is 3.99.